The van der Waals surface area contributed by atoms with Crippen LogP contribution in [0.4, 0.5) is 5.69 Å². The Morgan fingerprint density at radius 3 is 2.15 bits per heavy atom. The molecule has 0 unspecified atom stereocenters. The molecule has 26 heavy (non-hydrogen) atoms. The fourth-order valence-corrected chi connectivity index (χ4v) is 3.45. The number of anilines is 1. The number of aromatic nitrogens is 1. The van der Waals surface area contributed by atoms with Crippen LogP contribution in [0, 0.1) is 0 Å². The van der Waals surface area contributed by atoms with Crippen LogP contribution in [0.3, 0.4) is 0 Å². The summed E-state index contributed by atoms with van der Waals surface area (Å²) >= 11 is 23.9. The average Bonchev–Trinajstić information content (AvgIpc) is 2.62. The molecule has 1 amide bonds. The number of carbonyl (C=O) groups is 2. The summed E-state index contributed by atoms with van der Waals surface area (Å²) in [5.41, 5.74) is -0.00605. The van der Waals surface area contributed by atoms with Crippen molar-refractivity contribution in [2.75, 3.05) is 5.32 Å². The molecule has 0 aliphatic carbocycles. The number of aromatic carboxylic acids is 1. The number of nitrogens with one attached hydrogen (secondary N) is 1. The highest BCUT2D eigenvalue weighted by atomic mass is 35.5. The number of hydrogen-bond acceptors (Lipinski definition) is 3. The SMILES string of the molecule is O=C(O)c1c(Cl)c(Cl)c(Cl)c(Cl)c1C(=O)Nc1cccc2cccnc12. The van der Waals surface area contributed by atoms with Crippen LogP contribution in [0.2, 0.25) is 20.1 Å². The van der Waals surface area contributed by atoms with Gasteiger partial charge < -0.3 is 10.4 Å². The zero-order valence-corrected chi connectivity index (χ0v) is 15.7. The van der Waals surface area contributed by atoms with Crippen LogP contribution in [-0.4, -0.2) is 22.0 Å². The van der Waals surface area contributed by atoms with Gasteiger partial charge in [0.05, 0.1) is 42.4 Å². The van der Waals surface area contributed by atoms with Gasteiger partial charge in [0.25, 0.3) is 5.91 Å². The van der Waals surface area contributed by atoms with Gasteiger partial charge in [-0.1, -0.05) is 64.6 Å². The fraction of sp³-hybridized carbons (Fsp3) is 0. The quantitative estimate of drug-likeness (QED) is 0.407. The number of pyridine rings is 1. The summed E-state index contributed by atoms with van der Waals surface area (Å²) in [6, 6.07) is 8.75. The molecule has 5 nitrogen and oxygen atoms in total. The van der Waals surface area contributed by atoms with Crippen LogP contribution in [-0.2, 0) is 0 Å². The maximum atomic E-state index is 12.8. The van der Waals surface area contributed by atoms with Crippen molar-refractivity contribution in [2.24, 2.45) is 0 Å². The Bertz CT molecular complexity index is 1060. The van der Waals surface area contributed by atoms with E-state index in [9.17, 15) is 14.7 Å². The van der Waals surface area contributed by atoms with Crippen LogP contribution < -0.4 is 5.32 Å². The molecule has 0 saturated heterocycles. The van der Waals surface area contributed by atoms with Crippen LogP contribution in [0.1, 0.15) is 20.7 Å². The van der Waals surface area contributed by atoms with E-state index in [1.165, 1.54) is 0 Å². The van der Waals surface area contributed by atoms with Gasteiger partial charge in [0.15, 0.2) is 0 Å². The Hall–Kier alpha value is -2.05. The van der Waals surface area contributed by atoms with Crippen LogP contribution >= 0.6 is 46.4 Å². The van der Waals surface area contributed by atoms with Gasteiger partial charge in [0, 0.05) is 11.6 Å². The topological polar surface area (TPSA) is 79.3 Å². The summed E-state index contributed by atoms with van der Waals surface area (Å²) in [6.45, 7) is 0. The second-order valence-electron chi connectivity index (χ2n) is 5.15. The van der Waals surface area contributed by atoms with E-state index < -0.39 is 17.4 Å². The minimum Gasteiger partial charge on any atom is -0.478 e. The van der Waals surface area contributed by atoms with Crippen molar-refractivity contribution in [1.29, 1.82) is 0 Å². The lowest BCUT2D eigenvalue weighted by molar-refractivity contribution is 0.0692. The first-order valence-electron chi connectivity index (χ1n) is 7.07. The van der Waals surface area contributed by atoms with Gasteiger partial charge in [-0.2, -0.15) is 0 Å². The average molecular weight is 430 g/mol. The highest BCUT2D eigenvalue weighted by Gasteiger charge is 2.29. The van der Waals surface area contributed by atoms with E-state index in [-0.39, 0.29) is 25.7 Å². The molecule has 9 heteroatoms. The lowest BCUT2D eigenvalue weighted by Gasteiger charge is -2.14. The first kappa shape index (κ1) is 18.7. The number of fused-ring (bicyclic) bond motifs is 1. The van der Waals surface area contributed by atoms with Crippen molar-refractivity contribution in [3.05, 3.63) is 67.7 Å². The Balaban J connectivity index is 2.15. The summed E-state index contributed by atoms with van der Waals surface area (Å²) < 4.78 is 0. The summed E-state index contributed by atoms with van der Waals surface area (Å²) in [7, 11) is 0. The van der Waals surface area contributed by atoms with Crippen LogP contribution in [0.25, 0.3) is 10.9 Å². The maximum absolute atomic E-state index is 12.8. The summed E-state index contributed by atoms with van der Waals surface area (Å²) in [5.74, 6) is -2.26. The van der Waals surface area contributed by atoms with Gasteiger partial charge in [-0.15, -0.1) is 0 Å². The van der Waals surface area contributed by atoms with Gasteiger partial charge in [-0.05, 0) is 12.1 Å². The number of nitrogens with zero attached hydrogens (tertiary/aromatic N) is 1. The highest BCUT2D eigenvalue weighted by Crippen LogP contribution is 2.42. The highest BCUT2D eigenvalue weighted by molar-refractivity contribution is 6.54. The molecule has 3 aromatic rings. The zero-order valence-electron chi connectivity index (χ0n) is 12.7. The van der Waals surface area contributed by atoms with E-state index in [1.807, 2.05) is 12.1 Å². The molecule has 0 fully saturated rings. The molecular weight excluding hydrogens is 422 g/mol. The maximum Gasteiger partial charge on any atom is 0.338 e. The third-order valence-electron chi connectivity index (χ3n) is 3.59. The van der Waals surface area contributed by atoms with Crippen LogP contribution in [0.15, 0.2) is 36.5 Å². The monoisotopic (exact) mass is 428 g/mol. The van der Waals surface area contributed by atoms with Gasteiger partial charge in [0.1, 0.15) is 0 Å². The molecule has 0 aliphatic rings. The number of carboxylic acid groups (broad SMARTS) is 1. The summed E-state index contributed by atoms with van der Waals surface area (Å²) in [4.78, 5) is 28.6. The fourth-order valence-electron chi connectivity index (χ4n) is 2.44. The molecule has 0 atom stereocenters. The van der Waals surface area contributed by atoms with Gasteiger partial charge in [-0.3, -0.25) is 9.78 Å². The van der Waals surface area contributed by atoms with Crippen molar-refractivity contribution in [3.8, 4) is 0 Å². The second-order valence-corrected chi connectivity index (χ2v) is 6.66. The van der Waals surface area contributed by atoms with Crippen molar-refractivity contribution in [3.63, 3.8) is 0 Å². The third kappa shape index (κ3) is 3.19. The Morgan fingerprint density at radius 1 is 0.885 bits per heavy atom. The molecule has 0 bridgehead atoms. The standard InChI is InChI=1S/C17H8Cl4N2O3/c18-11-9(10(17(25)26)12(19)14(21)13(11)20)16(24)23-8-5-1-3-7-4-2-6-22-15(7)8/h1-6H,(H,23,24)(H,25,26). The molecule has 1 aromatic heterocycles. The van der Waals surface area contributed by atoms with Crippen molar-refractivity contribution >= 4 is 74.9 Å². The number of rotatable bonds is 3. The van der Waals surface area contributed by atoms with E-state index in [2.05, 4.69) is 10.3 Å². The number of amides is 1. The van der Waals surface area contributed by atoms with Gasteiger partial charge >= 0.3 is 5.97 Å². The molecule has 0 radical (unpaired) electrons. The van der Waals surface area contributed by atoms with Crippen LogP contribution in [0.5, 0.6) is 0 Å². The van der Waals surface area contributed by atoms with E-state index in [4.69, 9.17) is 46.4 Å². The van der Waals surface area contributed by atoms with E-state index >= 15 is 0 Å². The van der Waals surface area contributed by atoms with Crippen molar-refractivity contribution < 1.29 is 14.7 Å². The van der Waals surface area contributed by atoms with Crippen molar-refractivity contribution in [2.45, 2.75) is 0 Å². The normalized spacial score (nSPS) is 10.8. The van der Waals surface area contributed by atoms with Crippen molar-refractivity contribution in [1.82, 2.24) is 4.98 Å². The first-order valence-corrected chi connectivity index (χ1v) is 8.58. The molecule has 132 valence electrons. The Kier molecular flexibility index (Phi) is 5.25. The second kappa shape index (κ2) is 7.29. The number of carboxylic acids is 1. The molecule has 2 aromatic carbocycles. The molecule has 2 N–H and O–H groups in total. The number of hydrogen-bond donors (Lipinski definition) is 2. The predicted octanol–water partition coefficient (Wildman–Crippen LogP) is 5.80. The number of carbonyl (C=O) groups excluding carboxylic acids is 1. The van der Waals surface area contributed by atoms with E-state index in [0.29, 0.717) is 11.2 Å². The minimum absolute atomic E-state index is 0.204. The number of halogens is 4. The predicted molar refractivity (Wildman–Crippen MR) is 103 cm³/mol. The number of para-hydroxylation sites is 1. The zero-order chi connectivity index (χ0) is 19.0. The summed E-state index contributed by atoms with van der Waals surface area (Å²) in [5, 5.41) is 11.7. The first-order chi connectivity index (χ1) is 12.3. The lowest BCUT2D eigenvalue weighted by atomic mass is 10.1. The van der Waals surface area contributed by atoms with Gasteiger partial charge in [-0.25, -0.2) is 4.79 Å². The third-order valence-corrected chi connectivity index (χ3v) is 5.39. The van der Waals surface area contributed by atoms with E-state index in [1.54, 1.807) is 24.4 Å². The molecule has 0 saturated carbocycles. The molecular formula is C17H8Cl4N2O3. The smallest absolute Gasteiger partial charge is 0.338 e. The molecule has 3 rings (SSSR count). The molecule has 1 heterocycles. The molecule has 0 aliphatic heterocycles. The lowest BCUT2D eigenvalue weighted by Crippen LogP contribution is -2.18. The summed E-state index contributed by atoms with van der Waals surface area (Å²) in [6.07, 6.45) is 1.57. The van der Waals surface area contributed by atoms with Gasteiger partial charge in [0.2, 0.25) is 0 Å². The Morgan fingerprint density at radius 2 is 1.50 bits per heavy atom. The van der Waals surface area contributed by atoms with E-state index in [0.717, 1.165) is 5.39 Å². The Labute approximate surface area is 167 Å². The minimum atomic E-state index is -1.46. The largest absolute Gasteiger partial charge is 0.478 e. The number of benzene rings is 2. The molecule has 0 spiro atoms.